The van der Waals surface area contributed by atoms with Crippen LogP contribution in [-0.4, -0.2) is 25.7 Å². The second kappa shape index (κ2) is 11.7. The Balaban J connectivity index is 0.00000363. The number of nitrogens with two attached hydrogens (primary N) is 1. The third-order valence-corrected chi connectivity index (χ3v) is 5.27. The molecule has 1 heterocycles. The van der Waals surface area contributed by atoms with E-state index in [0.29, 0.717) is 28.4 Å². The van der Waals surface area contributed by atoms with Crippen LogP contribution in [0.25, 0.3) is 0 Å². The number of carbonyl (C=O) groups is 1. The minimum absolute atomic E-state index is 0. The average Bonchev–Trinajstić information content (AvgIpc) is 3.53. The fourth-order valence-corrected chi connectivity index (χ4v) is 3.47. The van der Waals surface area contributed by atoms with Crippen LogP contribution in [0, 0.1) is 11.1 Å². The van der Waals surface area contributed by atoms with E-state index in [2.05, 4.69) is 4.74 Å². The second-order valence-electron chi connectivity index (χ2n) is 7.02. The Kier molecular flexibility index (Phi) is 9.57. The van der Waals surface area contributed by atoms with Crippen LogP contribution in [0.4, 0.5) is 8.78 Å². The number of ether oxygens (including phenoxy) is 3. The highest BCUT2D eigenvalue weighted by molar-refractivity contribution is 6.35. The number of halogens is 5. The first kappa shape index (κ1) is 26.2. The minimum atomic E-state index is -3.03. The molecule has 7 nitrogen and oxygen atoms in total. The number of alkyl halides is 2. The van der Waals surface area contributed by atoms with E-state index in [4.69, 9.17) is 38.4 Å². The average molecular weight is 514 g/mol. The molecule has 176 valence electrons. The van der Waals surface area contributed by atoms with E-state index < -0.39 is 18.7 Å². The molecule has 1 fully saturated rings. The zero-order valence-corrected chi connectivity index (χ0v) is 19.0. The summed E-state index contributed by atoms with van der Waals surface area (Å²) in [5, 5.41) is 11.7. The maximum atomic E-state index is 12.8. The molecule has 1 aliphatic rings. The van der Waals surface area contributed by atoms with Gasteiger partial charge < -0.3 is 25.2 Å². The molecule has 0 amide bonds. The lowest BCUT2D eigenvalue weighted by atomic mass is 10.0. The van der Waals surface area contributed by atoms with Gasteiger partial charge in [-0.05, 0) is 36.5 Å². The minimum Gasteiger partial charge on any atom is -0.619 e. The van der Waals surface area contributed by atoms with Crippen LogP contribution in [0.15, 0.2) is 30.6 Å². The van der Waals surface area contributed by atoms with Gasteiger partial charge in [-0.25, -0.2) is 0 Å². The normalized spacial score (nSPS) is 13.9. The number of benzene rings is 1. The quantitative estimate of drug-likeness (QED) is 0.290. The van der Waals surface area contributed by atoms with E-state index in [1.54, 1.807) is 0 Å². The van der Waals surface area contributed by atoms with Crippen molar-refractivity contribution in [1.29, 1.82) is 0 Å². The Hall–Kier alpha value is -2.07. The predicted molar refractivity (Wildman–Crippen MR) is 116 cm³/mol. The van der Waals surface area contributed by atoms with Crippen LogP contribution in [0.2, 0.25) is 10.0 Å². The van der Waals surface area contributed by atoms with E-state index in [-0.39, 0.29) is 46.9 Å². The molecule has 1 aliphatic carbocycles. The van der Waals surface area contributed by atoms with Gasteiger partial charge in [0.2, 0.25) is 0 Å². The van der Waals surface area contributed by atoms with Gasteiger partial charge in [-0.15, -0.1) is 12.4 Å². The summed E-state index contributed by atoms with van der Waals surface area (Å²) in [5.41, 5.74) is 6.17. The molecular formula is C20H21Cl3F2N2O5. The summed E-state index contributed by atoms with van der Waals surface area (Å²) in [4.78, 5) is 11.9. The van der Waals surface area contributed by atoms with Crippen molar-refractivity contribution in [1.82, 2.24) is 0 Å². The van der Waals surface area contributed by atoms with Crippen molar-refractivity contribution in [3.05, 3.63) is 57.0 Å². The number of carbonyl (C=O) groups excluding carboxylic acids is 1. The first-order chi connectivity index (χ1) is 14.8. The molecule has 0 bridgehead atoms. The monoisotopic (exact) mass is 512 g/mol. The van der Waals surface area contributed by atoms with E-state index in [1.165, 1.54) is 18.2 Å². The summed E-state index contributed by atoms with van der Waals surface area (Å²) in [6.07, 6.45) is 3.35. The molecule has 12 heteroatoms. The summed E-state index contributed by atoms with van der Waals surface area (Å²) < 4.78 is 41.7. The lowest BCUT2D eigenvalue weighted by molar-refractivity contribution is -0.605. The molecule has 0 spiro atoms. The summed E-state index contributed by atoms with van der Waals surface area (Å²) in [5.74, 6) is -0.359. The van der Waals surface area contributed by atoms with Gasteiger partial charge in [0.25, 0.3) is 0 Å². The third kappa shape index (κ3) is 7.23. The summed E-state index contributed by atoms with van der Waals surface area (Å²) >= 11 is 12.3. The Morgan fingerprint density at radius 3 is 2.44 bits per heavy atom. The smallest absolute Gasteiger partial charge is 0.387 e. The number of hydrogen-bond donors (Lipinski definition) is 1. The standard InChI is InChI=1S/C20H20Cl2F2N2O5.ClH/c21-14-8-26(28)9-15(22)13(14)6-17(30-19(27)7-25)12-3-4-16(31-20(23)24)18(5-12)29-10-11-1-2-11;/h3-5,8-9,11,17,20H,1-2,6-7,10,25H2;1H. The third-order valence-electron chi connectivity index (χ3n) is 4.61. The van der Waals surface area contributed by atoms with Crippen LogP contribution in [0.3, 0.4) is 0 Å². The van der Waals surface area contributed by atoms with Gasteiger partial charge in [-0.2, -0.15) is 13.5 Å². The summed E-state index contributed by atoms with van der Waals surface area (Å²) in [6.45, 7) is -3.04. The Morgan fingerprint density at radius 2 is 1.88 bits per heavy atom. The maximum Gasteiger partial charge on any atom is 0.387 e. The molecule has 1 atom stereocenters. The molecule has 0 aliphatic heterocycles. The highest BCUT2D eigenvalue weighted by Gasteiger charge is 2.26. The highest BCUT2D eigenvalue weighted by Crippen LogP contribution is 2.37. The van der Waals surface area contributed by atoms with Crippen molar-refractivity contribution in [3.8, 4) is 11.5 Å². The van der Waals surface area contributed by atoms with E-state index in [9.17, 15) is 18.8 Å². The Morgan fingerprint density at radius 1 is 1.22 bits per heavy atom. The second-order valence-corrected chi connectivity index (χ2v) is 7.83. The lowest BCUT2D eigenvalue weighted by Crippen LogP contribution is -2.26. The number of pyridine rings is 1. The Labute approximate surface area is 199 Å². The molecule has 1 aromatic carbocycles. The van der Waals surface area contributed by atoms with Crippen molar-refractivity contribution < 1.29 is 32.5 Å². The number of nitrogens with zero attached hydrogens (tertiary/aromatic N) is 1. The van der Waals surface area contributed by atoms with E-state index >= 15 is 0 Å². The lowest BCUT2D eigenvalue weighted by Gasteiger charge is -2.21. The fraction of sp³-hybridized carbons (Fsp3) is 0.400. The number of rotatable bonds is 10. The van der Waals surface area contributed by atoms with Gasteiger partial charge in [0.1, 0.15) is 16.1 Å². The van der Waals surface area contributed by atoms with Gasteiger partial charge in [0, 0.05) is 12.0 Å². The van der Waals surface area contributed by atoms with Gasteiger partial charge in [-0.3, -0.25) is 4.79 Å². The molecule has 2 N–H and O–H groups in total. The molecule has 1 saturated carbocycles. The molecule has 32 heavy (non-hydrogen) atoms. The predicted octanol–water partition coefficient (Wildman–Crippen LogP) is 4.22. The highest BCUT2D eigenvalue weighted by atomic mass is 35.5. The van der Waals surface area contributed by atoms with E-state index in [1.807, 2.05) is 0 Å². The molecule has 2 aromatic rings. The van der Waals surface area contributed by atoms with Crippen LogP contribution >= 0.6 is 35.6 Å². The molecule has 0 radical (unpaired) electrons. The largest absolute Gasteiger partial charge is 0.619 e. The molecule has 3 rings (SSSR count). The maximum absolute atomic E-state index is 12.8. The van der Waals surface area contributed by atoms with Crippen molar-refractivity contribution >= 4 is 41.6 Å². The van der Waals surface area contributed by atoms with Gasteiger partial charge in [0.15, 0.2) is 23.9 Å². The van der Waals surface area contributed by atoms with Crippen LogP contribution in [-0.2, 0) is 16.0 Å². The van der Waals surface area contributed by atoms with Gasteiger partial charge in [0.05, 0.1) is 13.2 Å². The van der Waals surface area contributed by atoms with Gasteiger partial charge >= 0.3 is 12.6 Å². The summed E-state index contributed by atoms with van der Waals surface area (Å²) in [6, 6.07) is 4.24. The van der Waals surface area contributed by atoms with Crippen LogP contribution in [0.1, 0.15) is 30.1 Å². The molecule has 1 unspecified atom stereocenters. The number of aromatic nitrogens is 1. The SMILES string of the molecule is Cl.NCC(=O)OC(Cc1c(Cl)c[n+]([O-])cc1Cl)c1ccc(OC(F)F)c(OCC2CC2)c1. The van der Waals surface area contributed by atoms with Crippen LogP contribution < -0.4 is 19.9 Å². The summed E-state index contributed by atoms with van der Waals surface area (Å²) in [7, 11) is 0. The van der Waals surface area contributed by atoms with Crippen molar-refractivity contribution in [3.63, 3.8) is 0 Å². The van der Waals surface area contributed by atoms with Crippen molar-refractivity contribution in [2.24, 2.45) is 11.7 Å². The van der Waals surface area contributed by atoms with Crippen LogP contribution in [0.5, 0.6) is 11.5 Å². The zero-order valence-electron chi connectivity index (χ0n) is 16.6. The number of esters is 1. The zero-order chi connectivity index (χ0) is 22.5. The van der Waals surface area contributed by atoms with Crippen molar-refractivity contribution in [2.45, 2.75) is 32.0 Å². The Bertz CT molecular complexity index is 924. The topological polar surface area (TPSA) is 97.7 Å². The number of hydrogen-bond acceptors (Lipinski definition) is 6. The fourth-order valence-electron chi connectivity index (χ4n) is 2.87. The van der Waals surface area contributed by atoms with E-state index in [0.717, 1.165) is 25.2 Å². The first-order valence-corrected chi connectivity index (χ1v) is 10.2. The molecular weight excluding hydrogens is 493 g/mol. The first-order valence-electron chi connectivity index (χ1n) is 9.44. The molecule has 0 saturated heterocycles. The van der Waals surface area contributed by atoms with Gasteiger partial charge in [-0.1, -0.05) is 29.3 Å². The molecule has 1 aromatic heterocycles. The van der Waals surface area contributed by atoms with Crippen molar-refractivity contribution in [2.75, 3.05) is 13.2 Å².